The third-order valence-corrected chi connectivity index (χ3v) is 5.12. The van der Waals surface area contributed by atoms with Crippen LogP contribution in [0, 0.1) is 12.8 Å². The molecule has 100 valence electrons. The molecule has 4 heteroatoms. The van der Waals surface area contributed by atoms with Crippen molar-refractivity contribution in [3.8, 4) is 0 Å². The molecule has 1 fully saturated rings. The number of thiazole rings is 1. The molecule has 1 unspecified atom stereocenters. The average molecular weight is 267 g/mol. The average Bonchev–Trinajstić information content (AvgIpc) is 2.72. The number of aliphatic carboxylic acids is 1. The van der Waals surface area contributed by atoms with E-state index in [4.69, 9.17) is 5.11 Å². The number of carboxylic acids is 1. The molecule has 1 N–H and O–H groups in total. The second-order valence-corrected chi connectivity index (χ2v) is 6.45. The summed E-state index contributed by atoms with van der Waals surface area (Å²) in [5.74, 6) is -0.415. The molecular weight excluding hydrogens is 246 g/mol. The van der Waals surface area contributed by atoms with Gasteiger partial charge in [-0.1, -0.05) is 26.2 Å². The van der Waals surface area contributed by atoms with E-state index in [1.807, 2.05) is 6.92 Å². The van der Waals surface area contributed by atoms with Crippen LogP contribution in [0.4, 0.5) is 0 Å². The van der Waals surface area contributed by atoms with Gasteiger partial charge >= 0.3 is 5.97 Å². The Morgan fingerprint density at radius 2 is 2.11 bits per heavy atom. The van der Waals surface area contributed by atoms with Crippen LogP contribution in [-0.4, -0.2) is 16.1 Å². The molecule has 0 aromatic carbocycles. The van der Waals surface area contributed by atoms with Gasteiger partial charge in [0.2, 0.25) is 0 Å². The lowest BCUT2D eigenvalue weighted by Gasteiger charge is -2.18. The normalized spacial score (nSPS) is 18.8. The minimum Gasteiger partial charge on any atom is -0.481 e. The SMILES string of the molecule is Cc1nc(C2CCCCC2)sc1CC(C)C(=O)O. The first kappa shape index (κ1) is 13.5. The fourth-order valence-electron chi connectivity index (χ4n) is 2.53. The molecule has 1 aromatic rings. The van der Waals surface area contributed by atoms with Gasteiger partial charge in [0.05, 0.1) is 16.6 Å². The number of carbonyl (C=O) groups is 1. The predicted octanol–water partition coefficient (Wildman–Crippen LogP) is 3.76. The van der Waals surface area contributed by atoms with E-state index in [9.17, 15) is 4.79 Å². The highest BCUT2D eigenvalue weighted by molar-refractivity contribution is 7.11. The summed E-state index contributed by atoms with van der Waals surface area (Å²) in [4.78, 5) is 16.7. The van der Waals surface area contributed by atoms with Crippen LogP contribution in [0.1, 0.15) is 60.5 Å². The molecule has 0 bridgehead atoms. The third kappa shape index (κ3) is 3.10. The van der Waals surface area contributed by atoms with Crippen molar-refractivity contribution in [2.45, 2.75) is 58.3 Å². The Morgan fingerprint density at radius 1 is 1.44 bits per heavy atom. The maximum Gasteiger partial charge on any atom is 0.306 e. The predicted molar refractivity (Wildman–Crippen MR) is 73.2 cm³/mol. The largest absolute Gasteiger partial charge is 0.481 e. The van der Waals surface area contributed by atoms with Gasteiger partial charge in [0, 0.05) is 10.8 Å². The first-order chi connectivity index (χ1) is 8.58. The zero-order chi connectivity index (χ0) is 13.1. The van der Waals surface area contributed by atoms with Crippen LogP contribution in [0.15, 0.2) is 0 Å². The summed E-state index contributed by atoms with van der Waals surface area (Å²) in [6, 6.07) is 0. The Morgan fingerprint density at radius 3 is 2.72 bits per heavy atom. The van der Waals surface area contributed by atoms with Crippen LogP contribution in [0.2, 0.25) is 0 Å². The van der Waals surface area contributed by atoms with Gasteiger partial charge in [0.15, 0.2) is 0 Å². The molecule has 0 saturated heterocycles. The smallest absolute Gasteiger partial charge is 0.306 e. The molecule has 1 aliphatic carbocycles. The Labute approximate surface area is 112 Å². The first-order valence-corrected chi connectivity index (χ1v) is 7.58. The Hall–Kier alpha value is -0.900. The van der Waals surface area contributed by atoms with E-state index in [2.05, 4.69) is 4.98 Å². The molecule has 0 spiro atoms. The first-order valence-electron chi connectivity index (χ1n) is 6.77. The van der Waals surface area contributed by atoms with Gasteiger partial charge in [-0.05, 0) is 26.2 Å². The van der Waals surface area contributed by atoms with Crippen LogP contribution < -0.4 is 0 Å². The lowest BCUT2D eigenvalue weighted by molar-refractivity contribution is -0.141. The summed E-state index contributed by atoms with van der Waals surface area (Å²) < 4.78 is 0. The van der Waals surface area contributed by atoms with Crippen LogP contribution >= 0.6 is 11.3 Å². The molecule has 1 atom stereocenters. The van der Waals surface area contributed by atoms with Crippen molar-refractivity contribution in [3.63, 3.8) is 0 Å². The molecule has 18 heavy (non-hydrogen) atoms. The monoisotopic (exact) mass is 267 g/mol. The maximum absolute atomic E-state index is 10.9. The van der Waals surface area contributed by atoms with Crippen molar-refractivity contribution < 1.29 is 9.90 Å². The lowest BCUT2D eigenvalue weighted by Crippen LogP contribution is -2.11. The quantitative estimate of drug-likeness (QED) is 0.903. The van der Waals surface area contributed by atoms with E-state index in [1.54, 1.807) is 18.3 Å². The van der Waals surface area contributed by atoms with Gasteiger partial charge in [-0.15, -0.1) is 11.3 Å². The van der Waals surface area contributed by atoms with Crippen molar-refractivity contribution in [2.24, 2.45) is 5.92 Å². The summed E-state index contributed by atoms with van der Waals surface area (Å²) >= 11 is 1.74. The third-order valence-electron chi connectivity index (χ3n) is 3.78. The van der Waals surface area contributed by atoms with Crippen LogP contribution in [0.3, 0.4) is 0 Å². The highest BCUT2D eigenvalue weighted by Gasteiger charge is 2.22. The Kier molecular flexibility index (Phi) is 4.38. The number of aryl methyl sites for hydroxylation is 1. The number of hydrogen-bond donors (Lipinski definition) is 1. The zero-order valence-corrected chi connectivity index (χ0v) is 11.9. The van der Waals surface area contributed by atoms with Crippen molar-refractivity contribution in [3.05, 3.63) is 15.6 Å². The van der Waals surface area contributed by atoms with Crippen molar-refractivity contribution in [1.82, 2.24) is 4.98 Å². The molecule has 2 rings (SSSR count). The standard InChI is InChI=1S/C14H21NO2S/c1-9(14(16)17)8-12-10(2)15-13(18-12)11-6-4-3-5-7-11/h9,11H,3-8H2,1-2H3,(H,16,17). The minimum atomic E-state index is -0.720. The maximum atomic E-state index is 10.9. The number of rotatable bonds is 4. The molecule has 1 saturated carbocycles. The summed E-state index contributed by atoms with van der Waals surface area (Å²) in [5.41, 5.74) is 1.04. The van der Waals surface area contributed by atoms with Crippen LogP contribution in [0.25, 0.3) is 0 Å². The second kappa shape index (κ2) is 5.83. The molecule has 0 aliphatic heterocycles. The minimum absolute atomic E-state index is 0.316. The van der Waals surface area contributed by atoms with Gasteiger partial charge in [-0.2, -0.15) is 0 Å². The van der Waals surface area contributed by atoms with Gasteiger partial charge < -0.3 is 5.11 Å². The van der Waals surface area contributed by atoms with Crippen LogP contribution in [-0.2, 0) is 11.2 Å². The zero-order valence-electron chi connectivity index (χ0n) is 11.1. The molecule has 1 aromatic heterocycles. The molecular formula is C14H21NO2S. The number of carboxylic acid groups (broad SMARTS) is 1. The second-order valence-electron chi connectivity index (χ2n) is 5.34. The van der Waals surface area contributed by atoms with E-state index in [0.717, 1.165) is 10.6 Å². The van der Waals surface area contributed by atoms with E-state index in [-0.39, 0.29) is 5.92 Å². The Balaban J connectivity index is 2.08. The van der Waals surface area contributed by atoms with E-state index in [1.165, 1.54) is 37.1 Å². The van der Waals surface area contributed by atoms with E-state index in [0.29, 0.717) is 12.3 Å². The lowest BCUT2D eigenvalue weighted by atomic mass is 9.90. The number of nitrogens with zero attached hydrogens (tertiary/aromatic N) is 1. The molecule has 1 heterocycles. The van der Waals surface area contributed by atoms with Gasteiger partial charge in [-0.25, -0.2) is 4.98 Å². The summed E-state index contributed by atoms with van der Waals surface area (Å²) in [5, 5.41) is 10.2. The fourth-order valence-corrected chi connectivity index (χ4v) is 3.89. The van der Waals surface area contributed by atoms with Gasteiger partial charge in [0.1, 0.15) is 0 Å². The van der Waals surface area contributed by atoms with E-state index < -0.39 is 5.97 Å². The summed E-state index contributed by atoms with van der Waals surface area (Å²) in [7, 11) is 0. The van der Waals surface area contributed by atoms with Crippen LogP contribution in [0.5, 0.6) is 0 Å². The van der Waals surface area contributed by atoms with Gasteiger partial charge in [0.25, 0.3) is 0 Å². The topological polar surface area (TPSA) is 50.2 Å². The van der Waals surface area contributed by atoms with Crippen molar-refractivity contribution >= 4 is 17.3 Å². The van der Waals surface area contributed by atoms with Gasteiger partial charge in [-0.3, -0.25) is 4.79 Å². The summed E-state index contributed by atoms with van der Waals surface area (Å²) in [6.45, 7) is 3.77. The highest BCUT2D eigenvalue weighted by atomic mass is 32.1. The summed E-state index contributed by atoms with van der Waals surface area (Å²) in [6.07, 6.45) is 7.09. The highest BCUT2D eigenvalue weighted by Crippen LogP contribution is 2.36. The molecule has 0 radical (unpaired) electrons. The molecule has 0 amide bonds. The number of aromatic nitrogens is 1. The van der Waals surface area contributed by atoms with E-state index >= 15 is 0 Å². The fraction of sp³-hybridized carbons (Fsp3) is 0.714. The Bertz CT molecular complexity index is 421. The number of hydrogen-bond acceptors (Lipinski definition) is 3. The molecule has 3 nitrogen and oxygen atoms in total. The van der Waals surface area contributed by atoms with Crippen molar-refractivity contribution in [1.29, 1.82) is 0 Å². The molecule has 1 aliphatic rings. The van der Waals surface area contributed by atoms with Crippen molar-refractivity contribution in [2.75, 3.05) is 0 Å².